The maximum Gasteiger partial charge on any atom is 0.220 e. The summed E-state index contributed by atoms with van der Waals surface area (Å²) in [6, 6.07) is 15.0. The molecule has 0 radical (unpaired) electrons. The molecular formula is C18H18FNO2. The normalized spacial score (nSPS) is 10.2. The number of hydrogen-bond acceptors (Lipinski definition) is 2. The number of rotatable bonds is 7. The van der Waals surface area contributed by atoms with Gasteiger partial charge in [-0.15, -0.1) is 0 Å². The molecule has 22 heavy (non-hydrogen) atoms. The van der Waals surface area contributed by atoms with E-state index in [1.807, 2.05) is 18.2 Å². The molecule has 0 heterocycles. The van der Waals surface area contributed by atoms with Crippen LogP contribution >= 0.6 is 0 Å². The van der Waals surface area contributed by atoms with Gasteiger partial charge in [-0.3, -0.25) is 9.59 Å². The maximum absolute atomic E-state index is 12.7. The number of Topliss-reactive ketones (excluding diaryl/α,β-unsaturated/α-hetero) is 1. The van der Waals surface area contributed by atoms with E-state index in [0.29, 0.717) is 31.4 Å². The van der Waals surface area contributed by atoms with Crippen molar-refractivity contribution in [1.82, 2.24) is 5.32 Å². The van der Waals surface area contributed by atoms with Crippen molar-refractivity contribution in [3.8, 4) is 0 Å². The zero-order valence-electron chi connectivity index (χ0n) is 12.2. The van der Waals surface area contributed by atoms with Crippen LogP contribution in [0, 0.1) is 5.82 Å². The van der Waals surface area contributed by atoms with Gasteiger partial charge < -0.3 is 5.32 Å². The number of hydrogen-bond donors (Lipinski definition) is 1. The smallest absolute Gasteiger partial charge is 0.220 e. The topological polar surface area (TPSA) is 46.2 Å². The van der Waals surface area contributed by atoms with Gasteiger partial charge in [-0.25, -0.2) is 4.39 Å². The summed E-state index contributed by atoms with van der Waals surface area (Å²) in [6.07, 6.45) is 1.18. The molecule has 0 saturated carbocycles. The van der Waals surface area contributed by atoms with Crippen LogP contribution in [-0.2, 0) is 11.3 Å². The van der Waals surface area contributed by atoms with Crippen molar-refractivity contribution in [3.05, 3.63) is 71.5 Å². The Balaban J connectivity index is 1.67. The van der Waals surface area contributed by atoms with Gasteiger partial charge in [-0.05, 0) is 24.1 Å². The highest BCUT2D eigenvalue weighted by atomic mass is 19.1. The summed E-state index contributed by atoms with van der Waals surface area (Å²) in [6.45, 7) is 0.367. The van der Waals surface area contributed by atoms with Gasteiger partial charge in [0.15, 0.2) is 5.78 Å². The van der Waals surface area contributed by atoms with Crippen LogP contribution in [0.25, 0.3) is 0 Å². The predicted octanol–water partition coefficient (Wildman–Crippen LogP) is 3.50. The summed E-state index contributed by atoms with van der Waals surface area (Å²) >= 11 is 0. The molecule has 0 aliphatic rings. The monoisotopic (exact) mass is 299 g/mol. The molecule has 1 amide bonds. The van der Waals surface area contributed by atoms with Crippen molar-refractivity contribution in [2.24, 2.45) is 0 Å². The van der Waals surface area contributed by atoms with Gasteiger partial charge in [0.2, 0.25) is 5.91 Å². The summed E-state index contributed by atoms with van der Waals surface area (Å²) in [5, 5.41) is 2.76. The van der Waals surface area contributed by atoms with E-state index in [4.69, 9.17) is 0 Å². The van der Waals surface area contributed by atoms with Crippen LogP contribution in [0.2, 0.25) is 0 Å². The first kappa shape index (κ1) is 15.9. The van der Waals surface area contributed by atoms with Crippen LogP contribution in [0.5, 0.6) is 0 Å². The molecule has 1 N–H and O–H groups in total. The zero-order chi connectivity index (χ0) is 15.8. The maximum atomic E-state index is 12.7. The number of amides is 1. The Morgan fingerprint density at radius 1 is 0.909 bits per heavy atom. The Labute approximate surface area is 129 Å². The molecule has 0 spiro atoms. The van der Waals surface area contributed by atoms with E-state index in [9.17, 15) is 14.0 Å². The number of halogens is 1. The van der Waals surface area contributed by atoms with Crippen LogP contribution < -0.4 is 5.32 Å². The third-order valence-electron chi connectivity index (χ3n) is 3.31. The van der Waals surface area contributed by atoms with E-state index in [0.717, 1.165) is 5.56 Å². The van der Waals surface area contributed by atoms with Crippen molar-refractivity contribution in [2.45, 2.75) is 25.8 Å². The van der Waals surface area contributed by atoms with Crippen LogP contribution in [0.1, 0.15) is 35.2 Å². The molecule has 0 fully saturated rings. The minimum atomic E-state index is -0.297. The molecule has 0 bridgehead atoms. The van der Waals surface area contributed by atoms with Crippen LogP contribution in [-0.4, -0.2) is 11.7 Å². The van der Waals surface area contributed by atoms with Gasteiger partial charge in [0, 0.05) is 24.9 Å². The van der Waals surface area contributed by atoms with Gasteiger partial charge in [-0.2, -0.15) is 0 Å². The number of ketones is 1. The first-order valence-corrected chi connectivity index (χ1v) is 7.24. The largest absolute Gasteiger partial charge is 0.352 e. The lowest BCUT2D eigenvalue weighted by Gasteiger charge is -2.05. The third kappa shape index (κ3) is 5.13. The van der Waals surface area contributed by atoms with Crippen molar-refractivity contribution in [2.75, 3.05) is 0 Å². The predicted molar refractivity (Wildman–Crippen MR) is 82.9 cm³/mol. The van der Waals surface area contributed by atoms with Gasteiger partial charge >= 0.3 is 0 Å². The molecule has 2 aromatic rings. The van der Waals surface area contributed by atoms with E-state index < -0.39 is 0 Å². The molecule has 0 saturated heterocycles. The highest BCUT2D eigenvalue weighted by Gasteiger charge is 2.07. The Kier molecular flexibility index (Phi) is 5.83. The van der Waals surface area contributed by atoms with E-state index in [2.05, 4.69) is 5.32 Å². The fraction of sp³-hybridized carbons (Fsp3) is 0.222. The Hall–Kier alpha value is -2.49. The molecule has 0 atom stereocenters. The first-order chi connectivity index (χ1) is 10.6. The Morgan fingerprint density at radius 3 is 2.27 bits per heavy atom. The summed E-state index contributed by atoms with van der Waals surface area (Å²) in [7, 11) is 0. The first-order valence-electron chi connectivity index (χ1n) is 7.24. The van der Waals surface area contributed by atoms with E-state index >= 15 is 0 Å². The number of nitrogens with one attached hydrogen (secondary N) is 1. The standard InChI is InChI=1S/C18H18FNO2/c19-16-11-9-14(10-12-16)13-20-18(22)8-4-7-17(21)15-5-2-1-3-6-15/h1-3,5-6,9-12H,4,7-8,13H2,(H,20,22). The lowest BCUT2D eigenvalue weighted by molar-refractivity contribution is -0.121. The zero-order valence-corrected chi connectivity index (χ0v) is 12.2. The highest BCUT2D eigenvalue weighted by molar-refractivity contribution is 5.96. The molecule has 2 rings (SSSR count). The average molecular weight is 299 g/mol. The minimum Gasteiger partial charge on any atom is -0.352 e. The SMILES string of the molecule is O=C(CCCC(=O)c1ccccc1)NCc1ccc(F)cc1. The molecule has 0 unspecified atom stereocenters. The summed E-state index contributed by atoms with van der Waals surface area (Å²) < 4.78 is 12.7. The molecule has 3 nitrogen and oxygen atoms in total. The fourth-order valence-corrected chi connectivity index (χ4v) is 2.07. The van der Waals surface area contributed by atoms with Crippen LogP contribution in [0.15, 0.2) is 54.6 Å². The lowest BCUT2D eigenvalue weighted by Crippen LogP contribution is -2.22. The van der Waals surface area contributed by atoms with Crippen LogP contribution in [0.4, 0.5) is 4.39 Å². The highest BCUT2D eigenvalue weighted by Crippen LogP contribution is 2.07. The second-order valence-electron chi connectivity index (χ2n) is 5.05. The van der Waals surface area contributed by atoms with Gasteiger partial charge in [0.05, 0.1) is 0 Å². The van der Waals surface area contributed by atoms with Gasteiger partial charge in [0.1, 0.15) is 5.82 Å². The molecule has 4 heteroatoms. The molecule has 0 aromatic heterocycles. The van der Waals surface area contributed by atoms with Crippen molar-refractivity contribution in [1.29, 1.82) is 0 Å². The number of benzene rings is 2. The molecule has 0 aliphatic heterocycles. The summed E-state index contributed by atoms with van der Waals surface area (Å²) in [5.41, 5.74) is 1.52. The van der Waals surface area contributed by atoms with E-state index in [-0.39, 0.29) is 17.5 Å². The van der Waals surface area contributed by atoms with Gasteiger partial charge in [-0.1, -0.05) is 42.5 Å². The lowest BCUT2D eigenvalue weighted by atomic mass is 10.1. The molecular weight excluding hydrogens is 281 g/mol. The van der Waals surface area contributed by atoms with Crippen molar-refractivity contribution >= 4 is 11.7 Å². The van der Waals surface area contributed by atoms with Gasteiger partial charge in [0.25, 0.3) is 0 Å². The summed E-state index contributed by atoms with van der Waals surface area (Å²) in [4.78, 5) is 23.6. The molecule has 0 aliphatic carbocycles. The third-order valence-corrected chi connectivity index (χ3v) is 3.31. The quantitative estimate of drug-likeness (QED) is 0.795. The molecule has 114 valence electrons. The molecule has 2 aromatic carbocycles. The number of carbonyl (C=O) groups excluding carboxylic acids is 2. The average Bonchev–Trinajstić information content (AvgIpc) is 2.55. The van der Waals surface area contributed by atoms with Crippen molar-refractivity contribution < 1.29 is 14.0 Å². The fourth-order valence-electron chi connectivity index (χ4n) is 2.07. The van der Waals surface area contributed by atoms with E-state index in [1.54, 1.807) is 24.3 Å². The van der Waals surface area contributed by atoms with Crippen LogP contribution in [0.3, 0.4) is 0 Å². The summed E-state index contributed by atoms with van der Waals surface area (Å²) in [5.74, 6) is -0.355. The van der Waals surface area contributed by atoms with E-state index in [1.165, 1.54) is 12.1 Å². The Bertz CT molecular complexity index is 623. The van der Waals surface area contributed by atoms with Crippen molar-refractivity contribution in [3.63, 3.8) is 0 Å². The second kappa shape index (κ2) is 8.08. The second-order valence-corrected chi connectivity index (χ2v) is 5.05. The number of carbonyl (C=O) groups is 2. The Morgan fingerprint density at radius 2 is 1.59 bits per heavy atom. The minimum absolute atomic E-state index is 0.0481.